The molecule has 0 heterocycles. The van der Waals surface area contributed by atoms with Gasteiger partial charge in [0, 0.05) is 4.58 Å². The van der Waals surface area contributed by atoms with E-state index in [-0.39, 0.29) is 0 Å². The first-order valence-electron chi connectivity index (χ1n) is 3.69. The van der Waals surface area contributed by atoms with Gasteiger partial charge in [-0.25, -0.2) is 10.0 Å². The first-order chi connectivity index (χ1) is 4.34. The van der Waals surface area contributed by atoms with Gasteiger partial charge in [0.2, 0.25) is 0 Å². The molecule has 10 heavy (non-hydrogen) atoms. The lowest BCUT2D eigenvalue weighted by Gasteiger charge is -2.33. The quantitative estimate of drug-likeness (QED) is 0.634. The monoisotopic (exact) mass is 180 g/mol. The highest BCUT2D eigenvalue weighted by Crippen LogP contribution is 2.45. The first-order valence-corrected chi connectivity index (χ1v) is 7.13. The van der Waals surface area contributed by atoms with Crippen molar-refractivity contribution in [3.63, 3.8) is 0 Å². The van der Waals surface area contributed by atoms with Crippen LogP contribution in [0.15, 0.2) is 0 Å². The lowest BCUT2D eigenvalue weighted by atomic mass is 10.2. The van der Waals surface area contributed by atoms with Gasteiger partial charge in [0.25, 0.3) is 0 Å². The Bertz CT molecular complexity index is 91.9. The van der Waals surface area contributed by atoms with Crippen LogP contribution in [0.1, 0.15) is 20.3 Å². The summed E-state index contributed by atoms with van der Waals surface area (Å²) in [7, 11) is -0.434. The van der Waals surface area contributed by atoms with Crippen molar-refractivity contribution in [2.24, 2.45) is 5.92 Å². The van der Waals surface area contributed by atoms with Crippen LogP contribution in [0.3, 0.4) is 0 Å². The molecular formula is C8H20S2. The van der Waals surface area contributed by atoms with E-state index in [4.69, 9.17) is 0 Å². The fourth-order valence-corrected chi connectivity index (χ4v) is 2.08. The van der Waals surface area contributed by atoms with Gasteiger partial charge in [0.05, 0.1) is 0 Å². The molecule has 0 aromatic heterocycles. The third kappa shape index (κ3) is 4.51. The highest BCUT2D eigenvalue weighted by atomic mass is 32.3. The predicted octanol–water partition coefficient (Wildman–Crippen LogP) is 2.98. The molecule has 0 rings (SSSR count). The summed E-state index contributed by atoms with van der Waals surface area (Å²) in [5.74, 6) is 0.786. The molecule has 1 atom stereocenters. The average Bonchev–Trinajstić information content (AvgIpc) is 1.60. The minimum Gasteiger partial charge on any atom is -0.238 e. The number of thiol groups is 1. The molecule has 1 unspecified atom stereocenters. The summed E-state index contributed by atoms with van der Waals surface area (Å²) in [6.07, 6.45) is 8.23. The average molecular weight is 180 g/mol. The van der Waals surface area contributed by atoms with Crippen LogP contribution in [-0.4, -0.2) is 23.3 Å². The normalized spacial score (nSPS) is 17.5. The SMILES string of the molecule is CC(C)CC(S)S(C)(C)C. The van der Waals surface area contributed by atoms with Crippen molar-refractivity contribution in [3.05, 3.63) is 0 Å². The van der Waals surface area contributed by atoms with Gasteiger partial charge in [-0.05, 0) is 31.1 Å². The molecule has 0 fully saturated rings. The fraction of sp³-hybridized carbons (Fsp3) is 1.00. The summed E-state index contributed by atoms with van der Waals surface area (Å²) in [5, 5.41) is 0. The van der Waals surface area contributed by atoms with Crippen molar-refractivity contribution < 1.29 is 0 Å². The predicted molar refractivity (Wildman–Crippen MR) is 57.6 cm³/mol. The van der Waals surface area contributed by atoms with E-state index in [1.807, 2.05) is 0 Å². The summed E-state index contributed by atoms with van der Waals surface area (Å²) in [5.41, 5.74) is 0. The van der Waals surface area contributed by atoms with Crippen molar-refractivity contribution in [1.82, 2.24) is 0 Å². The highest BCUT2D eigenvalue weighted by Gasteiger charge is 2.16. The molecule has 0 aromatic carbocycles. The van der Waals surface area contributed by atoms with Gasteiger partial charge in [-0.2, -0.15) is 12.6 Å². The van der Waals surface area contributed by atoms with Gasteiger partial charge in [-0.15, -0.1) is 0 Å². The minimum atomic E-state index is -0.434. The molecule has 0 saturated carbocycles. The lowest BCUT2D eigenvalue weighted by molar-refractivity contribution is 0.619. The largest absolute Gasteiger partial charge is 0.238 e. The molecule has 0 nitrogen and oxygen atoms in total. The fourth-order valence-electron chi connectivity index (χ4n) is 0.692. The Morgan fingerprint density at radius 3 is 1.70 bits per heavy atom. The number of rotatable bonds is 3. The van der Waals surface area contributed by atoms with Crippen LogP contribution in [0, 0.1) is 5.92 Å². The second-order valence-corrected chi connectivity index (χ2v) is 9.42. The van der Waals surface area contributed by atoms with Gasteiger partial charge >= 0.3 is 0 Å². The summed E-state index contributed by atoms with van der Waals surface area (Å²) in [4.78, 5) is 0. The number of hydrogen-bond acceptors (Lipinski definition) is 1. The molecule has 2 heteroatoms. The van der Waals surface area contributed by atoms with E-state index in [0.717, 1.165) is 5.92 Å². The molecule has 0 N–H and O–H groups in total. The van der Waals surface area contributed by atoms with Gasteiger partial charge in [0.15, 0.2) is 0 Å². The molecule has 0 aliphatic carbocycles. The molecule has 0 saturated heterocycles. The van der Waals surface area contributed by atoms with Crippen LogP contribution in [0.5, 0.6) is 0 Å². The van der Waals surface area contributed by atoms with Gasteiger partial charge in [0.1, 0.15) is 0 Å². The van der Waals surface area contributed by atoms with Crippen molar-refractivity contribution >= 4 is 22.7 Å². The van der Waals surface area contributed by atoms with Gasteiger partial charge in [-0.3, -0.25) is 0 Å². The smallest absolute Gasteiger partial charge is 0.0314 e. The van der Waals surface area contributed by atoms with E-state index in [2.05, 4.69) is 45.2 Å². The van der Waals surface area contributed by atoms with E-state index in [1.165, 1.54) is 6.42 Å². The van der Waals surface area contributed by atoms with Crippen LogP contribution >= 0.6 is 22.7 Å². The van der Waals surface area contributed by atoms with Crippen molar-refractivity contribution in [1.29, 1.82) is 0 Å². The molecule has 0 aliphatic heterocycles. The third-order valence-electron chi connectivity index (χ3n) is 1.49. The summed E-state index contributed by atoms with van der Waals surface area (Å²) in [6.45, 7) is 4.52. The molecule has 0 aliphatic rings. The van der Waals surface area contributed by atoms with E-state index in [9.17, 15) is 0 Å². The van der Waals surface area contributed by atoms with Crippen molar-refractivity contribution in [2.75, 3.05) is 18.8 Å². The highest BCUT2D eigenvalue weighted by molar-refractivity contribution is 8.37. The molecule has 0 radical (unpaired) electrons. The minimum absolute atomic E-state index is 0.434. The number of hydrogen-bond donors (Lipinski definition) is 1. The van der Waals surface area contributed by atoms with Crippen LogP contribution in [0.25, 0.3) is 0 Å². The molecular weight excluding hydrogens is 160 g/mol. The third-order valence-corrected chi connectivity index (χ3v) is 5.42. The summed E-state index contributed by atoms with van der Waals surface area (Å²) >= 11 is 4.59. The topological polar surface area (TPSA) is 0 Å². The summed E-state index contributed by atoms with van der Waals surface area (Å²) < 4.78 is 0.618. The van der Waals surface area contributed by atoms with Gasteiger partial charge < -0.3 is 0 Å². The maximum absolute atomic E-state index is 4.59. The molecule has 0 aromatic rings. The lowest BCUT2D eigenvalue weighted by Crippen LogP contribution is -2.11. The van der Waals surface area contributed by atoms with Crippen LogP contribution in [0.4, 0.5) is 0 Å². The standard InChI is InChI=1S/C8H20S2/c1-7(2)6-8(9)10(3,4)5/h7-9H,6H2,1-5H3. The zero-order chi connectivity index (χ0) is 8.36. The molecule has 0 amide bonds. The Labute approximate surface area is 72.5 Å². The Balaban J connectivity index is 3.73. The molecule has 64 valence electrons. The Hall–Kier alpha value is 0.700. The van der Waals surface area contributed by atoms with Crippen LogP contribution in [0.2, 0.25) is 0 Å². The molecule has 0 spiro atoms. The van der Waals surface area contributed by atoms with E-state index in [1.54, 1.807) is 0 Å². The maximum Gasteiger partial charge on any atom is 0.0314 e. The van der Waals surface area contributed by atoms with Crippen molar-refractivity contribution in [3.8, 4) is 0 Å². The van der Waals surface area contributed by atoms with E-state index in [0.29, 0.717) is 4.58 Å². The van der Waals surface area contributed by atoms with E-state index < -0.39 is 10.0 Å². The zero-order valence-corrected chi connectivity index (χ0v) is 9.43. The van der Waals surface area contributed by atoms with Crippen LogP contribution < -0.4 is 0 Å². The Morgan fingerprint density at radius 2 is 1.60 bits per heavy atom. The maximum atomic E-state index is 4.59. The molecule has 0 bridgehead atoms. The Kier molecular flexibility index (Phi) is 4.19. The zero-order valence-electron chi connectivity index (χ0n) is 7.72. The summed E-state index contributed by atoms with van der Waals surface area (Å²) in [6, 6.07) is 0. The van der Waals surface area contributed by atoms with Gasteiger partial charge in [-0.1, -0.05) is 13.8 Å². The van der Waals surface area contributed by atoms with Crippen LogP contribution in [-0.2, 0) is 0 Å². The Morgan fingerprint density at radius 1 is 1.20 bits per heavy atom. The second kappa shape index (κ2) is 3.91. The second-order valence-electron chi connectivity index (χ2n) is 4.02. The van der Waals surface area contributed by atoms with E-state index >= 15 is 0 Å². The van der Waals surface area contributed by atoms with Crippen molar-refractivity contribution in [2.45, 2.75) is 24.9 Å². The first kappa shape index (κ1) is 10.7.